The van der Waals surface area contributed by atoms with Crippen molar-refractivity contribution >= 4 is 19.5 Å². The van der Waals surface area contributed by atoms with Crippen molar-refractivity contribution < 1.29 is 32.7 Å². The van der Waals surface area contributed by atoms with Gasteiger partial charge in [0.05, 0.1) is 18.0 Å². The Kier molecular flexibility index (Phi) is 10.7. The minimum absolute atomic E-state index is 0.0933. The van der Waals surface area contributed by atoms with Crippen LogP contribution in [0, 0.1) is 17.8 Å². The van der Waals surface area contributed by atoms with Gasteiger partial charge in [0.1, 0.15) is 0 Å². The Labute approximate surface area is 199 Å². The lowest BCUT2D eigenvalue weighted by Crippen LogP contribution is -2.30. The fraction of sp³-hybridized carbons (Fsp3) is 0.636. The Morgan fingerprint density at radius 3 is 2.18 bits per heavy atom. The molecule has 1 atom stereocenters. The molecular weight excluding hydrogens is 467 g/mol. The first-order chi connectivity index (χ1) is 15.5. The van der Waals surface area contributed by atoms with Gasteiger partial charge in [-0.25, -0.2) is 4.79 Å². The summed E-state index contributed by atoms with van der Waals surface area (Å²) in [4.78, 5) is 49.3. The number of hydrogen-bond acceptors (Lipinski definition) is 9. The SMILES string of the molecule is Cc1cn(C/C=C/CP(=O)(OCOC(=O)CC(C)(C)C)OCOC(=O)C(C)(C)C)c(=O)[nH]c1=O. The van der Waals surface area contributed by atoms with Crippen LogP contribution >= 0.6 is 7.60 Å². The molecule has 1 aromatic heterocycles. The van der Waals surface area contributed by atoms with E-state index in [0.29, 0.717) is 5.56 Å². The summed E-state index contributed by atoms with van der Waals surface area (Å²) in [6.45, 7) is 11.0. The van der Waals surface area contributed by atoms with E-state index in [4.69, 9.17) is 18.5 Å². The summed E-state index contributed by atoms with van der Waals surface area (Å²) in [7, 11) is -3.87. The fourth-order valence-corrected chi connectivity index (χ4v) is 3.44. The van der Waals surface area contributed by atoms with Crippen LogP contribution in [-0.2, 0) is 39.2 Å². The molecule has 0 amide bonds. The zero-order valence-corrected chi connectivity index (χ0v) is 21.7. The predicted octanol–water partition coefficient (Wildman–Crippen LogP) is 3.11. The summed E-state index contributed by atoms with van der Waals surface area (Å²) < 4.78 is 34.8. The maximum Gasteiger partial charge on any atom is 0.340 e. The molecule has 12 heteroatoms. The lowest BCUT2D eigenvalue weighted by molar-refractivity contribution is -0.160. The third-order valence-corrected chi connectivity index (χ3v) is 5.84. The van der Waals surface area contributed by atoms with Crippen LogP contribution in [0.15, 0.2) is 27.9 Å². The van der Waals surface area contributed by atoms with Crippen molar-refractivity contribution in [1.82, 2.24) is 9.55 Å². The zero-order chi connectivity index (χ0) is 26.2. The number of hydrogen-bond donors (Lipinski definition) is 1. The highest BCUT2D eigenvalue weighted by atomic mass is 31.2. The molecule has 0 aliphatic carbocycles. The minimum atomic E-state index is -3.87. The first-order valence-electron chi connectivity index (χ1n) is 10.7. The minimum Gasteiger partial charge on any atom is -0.438 e. The van der Waals surface area contributed by atoms with Crippen LogP contribution in [0.5, 0.6) is 0 Å². The highest BCUT2D eigenvalue weighted by molar-refractivity contribution is 7.54. The van der Waals surface area contributed by atoms with Gasteiger partial charge in [-0.05, 0) is 33.1 Å². The maximum absolute atomic E-state index is 13.1. The van der Waals surface area contributed by atoms with Gasteiger partial charge in [-0.2, -0.15) is 0 Å². The molecule has 1 rings (SSSR count). The van der Waals surface area contributed by atoms with E-state index < -0.39 is 49.8 Å². The Morgan fingerprint density at radius 1 is 1.03 bits per heavy atom. The molecule has 0 aliphatic rings. The molecule has 1 unspecified atom stereocenters. The zero-order valence-electron chi connectivity index (χ0n) is 20.8. The summed E-state index contributed by atoms with van der Waals surface area (Å²) in [5, 5.41) is 0. The van der Waals surface area contributed by atoms with E-state index in [1.54, 1.807) is 27.7 Å². The summed E-state index contributed by atoms with van der Waals surface area (Å²) in [5.74, 6) is -1.08. The second-order valence-electron chi connectivity index (χ2n) is 9.92. The van der Waals surface area contributed by atoms with Crippen molar-refractivity contribution in [3.8, 4) is 0 Å². The molecule has 0 fully saturated rings. The molecule has 0 aliphatic heterocycles. The monoisotopic (exact) mass is 502 g/mol. The Morgan fingerprint density at radius 2 is 1.62 bits per heavy atom. The van der Waals surface area contributed by atoms with Crippen molar-refractivity contribution in [3.63, 3.8) is 0 Å². The molecule has 1 aromatic rings. The van der Waals surface area contributed by atoms with Crippen molar-refractivity contribution in [1.29, 1.82) is 0 Å². The van der Waals surface area contributed by atoms with Crippen LogP contribution < -0.4 is 11.2 Å². The smallest absolute Gasteiger partial charge is 0.340 e. The number of nitrogens with zero attached hydrogens (tertiary/aromatic N) is 1. The van der Waals surface area contributed by atoms with E-state index in [1.807, 2.05) is 20.8 Å². The quantitative estimate of drug-likeness (QED) is 0.209. The van der Waals surface area contributed by atoms with Gasteiger partial charge >= 0.3 is 25.2 Å². The largest absolute Gasteiger partial charge is 0.438 e. The molecule has 0 spiro atoms. The Hall–Kier alpha value is -2.49. The number of nitrogens with one attached hydrogen (secondary N) is 1. The number of allylic oxidation sites excluding steroid dienone is 2. The highest BCUT2D eigenvalue weighted by Crippen LogP contribution is 2.48. The molecule has 0 radical (unpaired) electrons. The first-order valence-corrected chi connectivity index (χ1v) is 12.4. The van der Waals surface area contributed by atoms with Gasteiger partial charge in [-0.15, -0.1) is 0 Å². The lowest BCUT2D eigenvalue weighted by Gasteiger charge is -2.20. The maximum atomic E-state index is 13.1. The number of esters is 2. The van der Waals surface area contributed by atoms with E-state index in [2.05, 4.69) is 4.98 Å². The van der Waals surface area contributed by atoms with E-state index in [0.717, 1.165) is 0 Å². The molecule has 0 bridgehead atoms. The normalized spacial score (nSPS) is 14.1. The molecule has 192 valence electrons. The van der Waals surface area contributed by atoms with Crippen molar-refractivity contribution in [2.75, 3.05) is 19.7 Å². The lowest BCUT2D eigenvalue weighted by atomic mass is 9.93. The molecular formula is C22H35N2O9P. The molecule has 0 aromatic carbocycles. The van der Waals surface area contributed by atoms with Gasteiger partial charge in [0, 0.05) is 18.3 Å². The number of aromatic nitrogens is 2. The predicted molar refractivity (Wildman–Crippen MR) is 125 cm³/mol. The number of aryl methyl sites for hydroxylation is 1. The molecule has 1 heterocycles. The average molecular weight is 503 g/mol. The van der Waals surface area contributed by atoms with E-state index >= 15 is 0 Å². The van der Waals surface area contributed by atoms with Gasteiger partial charge in [0.2, 0.25) is 13.6 Å². The highest BCUT2D eigenvalue weighted by Gasteiger charge is 2.28. The van der Waals surface area contributed by atoms with E-state index in [1.165, 1.54) is 22.9 Å². The Balaban J connectivity index is 2.80. The van der Waals surface area contributed by atoms with Crippen molar-refractivity contribution in [2.45, 2.75) is 61.4 Å². The molecule has 11 nitrogen and oxygen atoms in total. The number of carbonyl (C=O) groups is 2. The van der Waals surface area contributed by atoms with Crippen molar-refractivity contribution in [3.05, 3.63) is 44.8 Å². The number of rotatable bonds is 11. The van der Waals surface area contributed by atoms with E-state index in [-0.39, 0.29) is 24.5 Å². The third kappa shape index (κ3) is 11.1. The van der Waals surface area contributed by atoms with Gasteiger partial charge in [0.15, 0.2) is 0 Å². The van der Waals surface area contributed by atoms with Crippen molar-refractivity contribution in [2.24, 2.45) is 10.8 Å². The van der Waals surface area contributed by atoms with Crippen LogP contribution in [0.3, 0.4) is 0 Å². The fourth-order valence-electron chi connectivity index (χ4n) is 2.32. The average Bonchev–Trinajstić information content (AvgIpc) is 2.66. The second-order valence-corrected chi connectivity index (χ2v) is 12.0. The standard InChI is InChI=1S/C22H35N2O9P/c1-16-13-24(20(28)23-18(16)26)10-8-9-11-34(29,33-15-31-19(27)22(5,6)7)32-14-30-17(25)12-21(2,3)4/h8-9,13H,10-12,14-15H2,1-7H3,(H,23,26,28)/b9-8+. The van der Waals surface area contributed by atoms with Crippen LogP contribution in [-0.4, -0.2) is 41.2 Å². The van der Waals surface area contributed by atoms with Gasteiger partial charge in [-0.1, -0.05) is 32.9 Å². The first kappa shape index (κ1) is 29.5. The molecule has 1 N–H and O–H groups in total. The Bertz CT molecular complexity index is 1040. The van der Waals surface area contributed by atoms with Gasteiger partial charge in [0.25, 0.3) is 5.56 Å². The molecule has 34 heavy (non-hydrogen) atoms. The topological polar surface area (TPSA) is 143 Å². The third-order valence-electron chi connectivity index (χ3n) is 4.18. The summed E-state index contributed by atoms with van der Waals surface area (Å²) >= 11 is 0. The molecule has 0 saturated heterocycles. The summed E-state index contributed by atoms with van der Waals surface area (Å²) in [6.07, 6.45) is 4.28. The summed E-state index contributed by atoms with van der Waals surface area (Å²) in [6, 6.07) is 0. The summed E-state index contributed by atoms with van der Waals surface area (Å²) in [5.41, 5.74) is -1.76. The number of H-pyrrole nitrogens is 1. The van der Waals surface area contributed by atoms with Crippen LogP contribution in [0.2, 0.25) is 0 Å². The van der Waals surface area contributed by atoms with Crippen LogP contribution in [0.1, 0.15) is 53.5 Å². The number of ether oxygens (including phenoxy) is 2. The van der Waals surface area contributed by atoms with Crippen LogP contribution in [0.25, 0.3) is 0 Å². The number of carbonyl (C=O) groups excluding carboxylic acids is 2. The second kappa shape index (κ2) is 12.3. The van der Waals surface area contributed by atoms with Gasteiger partial charge in [-0.3, -0.25) is 37.5 Å². The van der Waals surface area contributed by atoms with E-state index in [9.17, 15) is 23.7 Å². The van der Waals surface area contributed by atoms with Gasteiger partial charge < -0.3 is 9.47 Å². The van der Waals surface area contributed by atoms with Crippen LogP contribution in [0.4, 0.5) is 0 Å². The number of aromatic amines is 1. The molecule has 0 saturated carbocycles.